The van der Waals surface area contributed by atoms with Gasteiger partial charge in [0.25, 0.3) is 0 Å². The van der Waals surface area contributed by atoms with E-state index in [4.69, 9.17) is 19.0 Å². The van der Waals surface area contributed by atoms with Crippen molar-refractivity contribution in [3.8, 4) is 23.0 Å². The summed E-state index contributed by atoms with van der Waals surface area (Å²) in [7, 11) is 0. The third-order valence-corrected chi connectivity index (χ3v) is 4.82. The smallest absolute Gasteiger partial charge is 0.310 e. The van der Waals surface area contributed by atoms with Crippen molar-refractivity contribution >= 4 is 5.97 Å². The van der Waals surface area contributed by atoms with Gasteiger partial charge >= 0.3 is 5.97 Å². The molecule has 1 N–H and O–H groups in total. The molecule has 0 saturated carbocycles. The number of fused-ring (bicyclic) bond motifs is 1. The Hall–Kier alpha value is -3.28. The number of carboxylic acid groups (broad SMARTS) is 1. The van der Waals surface area contributed by atoms with Gasteiger partial charge in [-0.25, -0.2) is 4.98 Å². The zero-order valence-corrected chi connectivity index (χ0v) is 15.6. The maximum Gasteiger partial charge on any atom is 0.310 e. The van der Waals surface area contributed by atoms with Gasteiger partial charge in [-0.05, 0) is 37.1 Å². The Bertz CT molecular complexity index is 980. The lowest BCUT2D eigenvalue weighted by Crippen LogP contribution is -2.27. The molecule has 4 rings (SSSR count). The number of nitrogens with zero attached hydrogens (tertiary/aromatic N) is 1. The van der Waals surface area contributed by atoms with E-state index in [1.54, 1.807) is 0 Å². The first-order valence-electron chi connectivity index (χ1n) is 9.23. The summed E-state index contributed by atoms with van der Waals surface area (Å²) in [6, 6.07) is 15.3. The van der Waals surface area contributed by atoms with E-state index in [0.717, 1.165) is 22.6 Å². The Morgan fingerprint density at radius 1 is 1.25 bits per heavy atom. The number of hydrogen-bond donors (Lipinski definition) is 1. The summed E-state index contributed by atoms with van der Waals surface area (Å²) in [5.41, 5.74) is 2.72. The van der Waals surface area contributed by atoms with Crippen LogP contribution in [0.3, 0.4) is 0 Å². The number of carboxylic acids is 1. The summed E-state index contributed by atoms with van der Waals surface area (Å²) in [6.07, 6.45) is 1.10. The molecule has 1 aromatic heterocycles. The fourth-order valence-corrected chi connectivity index (χ4v) is 3.23. The van der Waals surface area contributed by atoms with Crippen LogP contribution in [0.4, 0.5) is 0 Å². The van der Waals surface area contributed by atoms with Crippen LogP contribution in [0.25, 0.3) is 11.5 Å². The molecule has 0 fully saturated rings. The molecule has 0 aliphatic carbocycles. The van der Waals surface area contributed by atoms with Crippen LogP contribution < -0.4 is 9.47 Å². The number of aryl methyl sites for hydroxylation is 1. The average Bonchev–Trinajstić information content (AvgIpc) is 3.09. The Kier molecular flexibility index (Phi) is 5.02. The van der Waals surface area contributed by atoms with Gasteiger partial charge < -0.3 is 19.0 Å². The first kappa shape index (κ1) is 18.1. The number of ether oxygens (including phenoxy) is 2. The topological polar surface area (TPSA) is 81.8 Å². The van der Waals surface area contributed by atoms with Crippen LogP contribution in [0.1, 0.15) is 17.0 Å². The number of rotatable bonds is 6. The average molecular weight is 379 g/mol. The Morgan fingerprint density at radius 2 is 2.07 bits per heavy atom. The number of hydrogen-bond acceptors (Lipinski definition) is 5. The van der Waals surface area contributed by atoms with Gasteiger partial charge in [0, 0.05) is 18.1 Å². The second-order valence-electron chi connectivity index (χ2n) is 6.81. The van der Waals surface area contributed by atoms with E-state index in [0.29, 0.717) is 36.8 Å². The molecule has 0 saturated heterocycles. The van der Waals surface area contributed by atoms with Crippen LogP contribution in [0.2, 0.25) is 0 Å². The molecule has 0 amide bonds. The number of oxazole rings is 1. The second-order valence-corrected chi connectivity index (χ2v) is 6.81. The minimum absolute atomic E-state index is 0.187. The van der Waals surface area contributed by atoms with Crippen molar-refractivity contribution in [3.05, 3.63) is 65.5 Å². The number of benzene rings is 2. The highest BCUT2D eigenvalue weighted by molar-refractivity contribution is 5.71. The standard InChI is InChI=1S/C22H21NO5/c1-14-19(23-21(28-14)15-5-3-2-4-6-15)9-10-26-18-8-7-16-11-17(22(24)25)13-27-20(16)12-18/h2-8,12,17H,9-11,13H2,1H3,(H,24,25)/t17-/m0/s1. The van der Waals surface area contributed by atoms with Crippen LogP contribution in [0, 0.1) is 12.8 Å². The van der Waals surface area contributed by atoms with Gasteiger partial charge in [0.1, 0.15) is 23.9 Å². The summed E-state index contributed by atoms with van der Waals surface area (Å²) in [5.74, 6) is 1.46. The van der Waals surface area contributed by atoms with E-state index in [1.165, 1.54) is 0 Å². The summed E-state index contributed by atoms with van der Waals surface area (Å²) in [5, 5.41) is 9.12. The lowest BCUT2D eigenvalue weighted by molar-refractivity contribution is -0.143. The molecule has 0 unspecified atom stereocenters. The predicted octanol–water partition coefficient (Wildman–Crippen LogP) is 3.91. The molecule has 3 aromatic rings. The fourth-order valence-electron chi connectivity index (χ4n) is 3.23. The minimum Gasteiger partial charge on any atom is -0.493 e. The Labute approximate surface area is 162 Å². The minimum atomic E-state index is -0.830. The highest BCUT2D eigenvalue weighted by atomic mass is 16.5. The maximum atomic E-state index is 11.1. The van der Waals surface area contributed by atoms with E-state index < -0.39 is 11.9 Å². The van der Waals surface area contributed by atoms with Gasteiger partial charge in [-0.3, -0.25) is 4.79 Å². The molecule has 1 atom stereocenters. The monoisotopic (exact) mass is 379 g/mol. The van der Waals surface area contributed by atoms with Crippen LogP contribution >= 0.6 is 0 Å². The normalized spacial score (nSPS) is 15.5. The van der Waals surface area contributed by atoms with Gasteiger partial charge in [-0.2, -0.15) is 0 Å². The quantitative estimate of drug-likeness (QED) is 0.699. The molecular formula is C22H21NO5. The zero-order valence-electron chi connectivity index (χ0n) is 15.6. The predicted molar refractivity (Wildman–Crippen MR) is 103 cm³/mol. The zero-order chi connectivity index (χ0) is 19.5. The molecular weight excluding hydrogens is 358 g/mol. The van der Waals surface area contributed by atoms with Crippen molar-refractivity contribution in [2.75, 3.05) is 13.2 Å². The van der Waals surface area contributed by atoms with Crippen molar-refractivity contribution in [3.63, 3.8) is 0 Å². The summed E-state index contributed by atoms with van der Waals surface area (Å²) in [4.78, 5) is 15.7. The number of aliphatic carboxylic acids is 1. The van der Waals surface area contributed by atoms with Gasteiger partial charge in [0.05, 0.1) is 18.2 Å². The summed E-state index contributed by atoms with van der Waals surface area (Å²) in [6.45, 7) is 2.55. The second kappa shape index (κ2) is 7.76. The van der Waals surface area contributed by atoms with Crippen molar-refractivity contribution in [2.24, 2.45) is 5.92 Å². The first-order valence-corrected chi connectivity index (χ1v) is 9.23. The molecule has 144 valence electrons. The Balaban J connectivity index is 1.37. The van der Waals surface area contributed by atoms with Crippen molar-refractivity contribution in [1.82, 2.24) is 4.98 Å². The first-order chi connectivity index (χ1) is 13.6. The van der Waals surface area contributed by atoms with Crippen molar-refractivity contribution in [2.45, 2.75) is 19.8 Å². The van der Waals surface area contributed by atoms with Crippen LogP contribution in [-0.2, 0) is 17.6 Å². The number of carbonyl (C=O) groups is 1. The summed E-state index contributed by atoms with van der Waals surface area (Å²) < 4.78 is 17.2. The molecule has 1 aliphatic heterocycles. The number of aromatic nitrogens is 1. The maximum absolute atomic E-state index is 11.1. The SMILES string of the molecule is Cc1oc(-c2ccccc2)nc1CCOc1ccc2c(c1)OC[C@@H](C(=O)O)C2. The van der Waals surface area contributed by atoms with Gasteiger partial charge in [0.2, 0.25) is 5.89 Å². The molecule has 0 spiro atoms. The molecule has 28 heavy (non-hydrogen) atoms. The van der Waals surface area contributed by atoms with Gasteiger partial charge in [-0.1, -0.05) is 24.3 Å². The van der Waals surface area contributed by atoms with E-state index >= 15 is 0 Å². The lowest BCUT2D eigenvalue weighted by atomic mass is 9.97. The van der Waals surface area contributed by atoms with Crippen molar-refractivity contribution < 1.29 is 23.8 Å². The van der Waals surface area contributed by atoms with Gasteiger partial charge in [-0.15, -0.1) is 0 Å². The molecule has 2 heterocycles. The molecule has 0 bridgehead atoms. The third-order valence-electron chi connectivity index (χ3n) is 4.82. The summed E-state index contributed by atoms with van der Waals surface area (Å²) >= 11 is 0. The molecule has 6 nitrogen and oxygen atoms in total. The highest BCUT2D eigenvalue weighted by Crippen LogP contribution is 2.31. The van der Waals surface area contributed by atoms with Crippen LogP contribution in [-0.4, -0.2) is 29.3 Å². The van der Waals surface area contributed by atoms with E-state index in [1.807, 2.05) is 55.5 Å². The highest BCUT2D eigenvalue weighted by Gasteiger charge is 2.25. The van der Waals surface area contributed by atoms with E-state index in [9.17, 15) is 4.79 Å². The van der Waals surface area contributed by atoms with Crippen LogP contribution in [0.5, 0.6) is 11.5 Å². The van der Waals surface area contributed by atoms with E-state index in [2.05, 4.69) is 4.98 Å². The third kappa shape index (κ3) is 3.86. The molecule has 6 heteroatoms. The van der Waals surface area contributed by atoms with E-state index in [-0.39, 0.29) is 6.61 Å². The lowest BCUT2D eigenvalue weighted by Gasteiger charge is -2.23. The Morgan fingerprint density at radius 3 is 2.86 bits per heavy atom. The molecule has 1 aliphatic rings. The van der Waals surface area contributed by atoms with Gasteiger partial charge in [0.15, 0.2) is 0 Å². The molecule has 2 aromatic carbocycles. The van der Waals surface area contributed by atoms with Crippen molar-refractivity contribution in [1.29, 1.82) is 0 Å². The largest absolute Gasteiger partial charge is 0.493 e. The fraction of sp³-hybridized carbons (Fsp3) is 0.273. The molecule has 0 radical (unpaired) electrons. The van der Waals surface area contributed by atoms with Crippen LogP contribution in [0.15, 0.2) is 52.9 Å².